The molecule has 6 heteroatoms. The van der Waals surface area contributed by atoms with E-state index in [1.807, 2.05) is 6.07 Å². The van der Waals surface area contributed by atoms with E-state index in [1.54, 1.807) is 18.2 Å². The van der Waals surface area contributed by atoms with Crippen LogP contribution in [-0.2, 0) is 24.2 Å². The summed E-state index contributed by atoms with van der Waals surface area (Å²) in [6.45, 7) is 7.24. The number of aliphatic carboxylic acids is 1. The maximum Gasteiger partial charge on any atom is 0.328 e. The molecule has 3 aromatic rings. The third-order valence-electron chi connectivity index (χ3n) is 6.53. The molecule has 0 spiro atoms. The molecule has 0 amide bonds. The lowest BCUT2D eigenvalue weighted by molar-refractivity contribution is -0.131. The monoisotopic (exact) mass is 473 g/mol. The Hall–Kier alpha value is -2.30. The van der Waals surface area contributed by atoms with E-state index in [9.17, 15) is 9.18 Å². The Labute approximate surface area is 197 Å². The van der Waals surface area contributed by atoms with Gasteiger partial charge in [0, 0.05) is 39.3 Å². The molecule has 1 aromatic heterocycles. The van der Waals surface area contributed by atoms with Crippen molar-refractivity contribution in [3.63, 3.8) is 0 Å². The zero-order chi connectivity index (χ0) is 23.2. The van der Waals surface area contributed by atoms with Gasteiger partial charge in [-0.2, -0.15) is 0 Å². The van der Waals surface area contributed by atoms with Crippen molar-refractivity contribution in [1.29, 1.82) is 0 Å². The van der Waals surface area contributed by atoms with E-state index in [0.29, 0.717) is 28.1 Å². The van der Waals surface area contributed by atoms with Crippen LogP contribution in [0.4, 0.5) is 4.39 Å². The van der Waals surface area contributed by atoms with Gasteiger partial charge in [0.05, 0.1) is 5.52 Å². The standard InChI is InChI=1S/C26H26Cl2FNO2/c1-26(2,3)17-6-8-23-20(11-17)21-13-19(29)10-15(5-9-24(31)32)25(21)30(23)14-16-4-7-18(27)12-22(16)28/h4-5,7,9-10,12-13,17H,6,8,11,14H2,1-3H3,(H,31,32)/b9-5+. The molecule has 32 heavy (non-hydrogen) atoms. The van der Waals surface area contributed by atoms with E-state index in [2.05, 4.69) is 25.3 Å². The number of carboxylic acids is 1. The number of benzene rings is 2. The van der Waals surface area contributed by atoms with E-state index < -0.39 is 5.97 Å². The summed E-state index contributed by atoms with van der Waals surface area (Å²) in [5, 5.41) is 11.1. The highest BCUT2D eigenvalue weighted by molar-refractivity contribution is 6.35. The summed E-state index contributed by atoms with van der Waals surface area (Å²) in [7, 11) is 0. The van der Waals surface area contributed by atoms with Crippen molar-refractivity contribution in [1.82, 2.24) is 4.57 Å². The summed E-state index contributed by atoms with van der Waals surface area (Å²) in [6, 6.07) is 8.41. The number of hydrogen-bond donors (Lipinski definition) is 1. The van der Waals surface area contributed by atoms with Crippen LogP contribution in [0.5, 0.6) is 0 Å². The van der Waals surface area contributed by atoms with Crippen LogP contribution in [0.3, 0.4) is 0 Å². The summed E-state index contributed by atoms with van der Waals surface area (Å²) in [5.74, 6) is -0.960. The van der Waals surface area contributed by atoms with Crippen molar-refractivity contribution in [3.05, 3.63) is 74.7 Å². The van der Waals surface area contributed by atoms with Crippen molar-refractivity contribution in [2.24, 2.45) is 11.3 Å². The first-order valence-electron chi connectivity index (χ1n) is 10.7. The first-order valence-corrected chi connectivity index (χ1v) is 11.5. The average molecular weight is 474 g/mol. The van der Waals surface area contributed by atoms with E-state index in [4.69, 9.17) is 28.3 Å². The second-order valence-electron chi connectivity index (χ2n) is 9.62. The summed E-state index contributed by atoms with van der Waals surface area (Å²) in [5.41, 5.74) is 4.77. The number of fused-ring (bicyclic) bond motifs is 3. The number of aromatic nitrogens is 1. The molecule has 4 rings (SSSR count). The van der Waals surface area contributed by atoms with Crippen LogP contribution in [0.2, 0.25) is 10.0 Å². The Morgan fingerprint density at radius 1 is 1.25 bits per heavy atom. The van der Waals surface area contributed by atoms with Crippen LogP contribution in [0.15, 0.2) is 36.4 Å². The molecule has 0 radical (unpaired) electrons. The van der Waals surface area contributed by atoms with Gasteiger partial charge in [0.25, 0.3) is 0 Å². The molecule has 2 aromatic carbocycles. The van der Waals surface area contributed by atoms with Gasteiger partial charge < -0.3 is 9.67 Å². The fourth-order valence-electron chi connectivity index (χ4n) is 4.80. The number of carbonyl (C=O) groups is 1. The number of rotatable bonds is 4. The molecule has 0 bridgehead atoms. The Balaban J connectivity index is 1.96. The van der Waals surface area contributed by atoms with Crippen LogP contribution < -0.4 is 0 Å². The van der Waals surface area contributed by atoms with Crippen LogP contribution >= 0.6 is 23.2 Å². The Morgan fingerprint density at radius 3 is 2.66 bits per heavy atom. The largest absolute Gasteiger partial charge is 0.478 e. The van der Waals surface area contributed by atoms with Crippen LogP contribution in [0, 0.1) is 17.2 Å². The predicted molar refractivity (Wildman–Crippen MR) is 129 cm³/mol. The number of carboxylic acid groups (broad SMARTS) is 1. The van der Waals surface area contributed by atoms with E-state index in [-0.39, 0.29) is 11.2 Å². The molecule has 1 aliphatic carbocycles. The molecule has 0 saturated heterocycles. The van der Waals surface area contributed by atoms with Gasteiger partial charge in [-0.25, -0.2) is 9.18 Å². The second kappa shape index (κ2) is 8.57. The van der Waals surface area contributed by atoms with E-state index in [1.165, 1.54) is 17.8 Å². The molecule has 168 valence electrons. The van der Waals surface area contributed by atoms with Crippen molar-refractivity contribution in [2.75, 3.05) is 0 Å². The van der Waals surface area contributed by atoms with Gasteiger partial charge in [0.1, 0.15) is 5.82 Å². The summed E-state index contributed by atoms with van der Waals surface area (Å²) in [6.07, 6.45) is 5.31. The maximum absolute atomic E-state index is 14.6. The van der Waals surface area contributed by atoms with Crippen molar-refractivity contribution >= 4 is 46.2 Å². The lowest BCUT2D eigenvalue weighted by Gasteiger charge is -2.34. The normalized spacial score (nSPS) is 16.6. The highest BCUT2D eigenvalue weighted by Crippen LogP contribution is 2.42. The lowest BCUT2D eigenvalue weighted by Crippen LogP contribution is -2.27. The van der Waals surface area contributed by atoms with Crippen molar-refractivity contribution in [2.45, 2.75) is 46.6 Å². The average Bonchev–Trinajstić information content (AvgIpc) is 3.00. The second-order valence-corrected chi connectivity index (χ2v) is 10.5. The highest BCUT2D eigenvalue weighted by Gasteiger charge is 2.32. The molecule has 1 aliphatic rings. The SMILES string of the molecule is CC(C)(C)C1CCc2c(c3cc(F)cc(/C=C/C(=O)O)c3n2Cc2ccc(Cl)cc2Cl)C1. The number of hydrogen-bond acceptors (Lipinski definition) is 1. The molecule has 1 N–H and O–H groups in total. The molecule has 0 saturated carbocycles. The van der Waals surface area contributed by atoms with Gasteiger partial charge in [-0.15, -0.1) is 0 Å². The fourth-order valence-corrected chi connectivity index (χ4v) is 5.27. The quantitative estimate of drug-likeness (QED) is 0.401. The van der Waals surface area contributed by atoms with Crippen LogP contribution in [-0.4, -0.2) is 15.6 Å². The zero-order valence-electron chi connectivity index (χ0n) is 18.4. The smallest absolute Gasteiger partial charge is 0.328 e. The van der Waals surface area contributed by atoms with Gasteiger partial charge in [-0.3, -0.25) is 0 Å². The Bertz CT molecular complexity index is 1240. The highest BCUT2D eigenvalue weighted by atomic mass is 35.5. The predicted octanol–water partition coefficient (Wildman–Crippen LogP) is 7.38. The number of nitrogens with zero attached hydrogens (tertiary/aromatic N) is 1. The first kappa shape index (κ1) is 22.9. The summed E-state index contributed by atoms with van der Waals surface area (Å²) >= 11 is 12.6. The summed E-state index contributed by atoms with van der Waals surface area (Å²) in [4.78, 5) is 11.2. The Morgan fingerprint density at radius 2 is 2.00 bits per heavy atom. The maximum atomic E-state index is 14.6. The minimum absolute atomic E-state index is 0.144. The zero-order valence-corrected chi connectivity index (χ0v) is 19.9. The molecule has 1 unspecified atom stereocenters. The molecule has 3 nitrogen and oxygen atoms in total. The molecule has 0 fully saturated rings. The molecular formula is C26H26Cl2FNO2. The van der Waals surface area contributed by atoms with Crippen LogP contribution in [0.1, 0.15) is 49.6 Å². The minimum Gasteiger partial charge on any atom is -0.478 e. The number of halogens is 3. The fraction of sp³-hybridized carbons (Fsp3) is 0.346. The molecule has 1 atom stereocenters. The summed E-state index contributed by atoms with van der Waals surface area (Å²) < 4.78 is 16.8. The van der Waals surface area contributed by atoms with Crippen LogP contribution in [0.25, 0.3) is 17.0 Å². The van der Waals surface area contributed by atoms with E-state index >= 15 is 0 Å². The third kappa shape index (κ3) is 4.44. The molecule has 1 heterocycles. The first-order chi connectivity index (χ1) is 15.0. The third-order valence-corrected chi connectivity index (χ3v) is 7.11. The molecule has 0 aliphatic heterocycles. The topological polar surface area (TPSA) is 42.2 Å². The van der Waals surface area contributed by atoms with Crippen molar-refractivity contribution in [3.8, 4) is 0 Å². The van der Waals surface area contributed by atoms with Gasteiger partial charge in [-0.1, -0.05) is 50.0 Å². The Kier molecular flexibility index (Phi) is 6.12. The van der Waals surface area contributed by atoms with E-state index in [0.717, 1.165) is 47.4 Å². The molecular weight excluding hydrogens is 448 g/mol. The van der Waals surface area contributed by atoms with Gasteiger partial charge in [0.15, 0.2) is 0 Å². The lowest BCUT2D eigenvalue weighted by atomic mass is 9.71. The minimum atomic E-state index is -1.07. The van der Waals surface area contributed by atoms with Gasteiger partial charge in [0.2, 0.25) is 0 Å². The van der Waals surface area contributed by atoms with Gasteiger partial charge >= 0.3 is 5.97 Å². The van der Waals surface area contributed by atoms with Crippen molar-refractivity contribution < 1.29 is 14.3 Å². The van der Waals surface area contributed by atoms with Gasteiger partial charge in [-0.05, 0) is 72.1 Å².